The van der Waals surface area contributed by atoms with Gasteiger partial charge in [-0.2, -0.15) is 0 Å². The third-order valence-corrected chi connectivity index (χ3v) is 13.4. The molecule has 3 aliphatic carbocycles. The van der Waals surface area contributed by atoms with Gasteiger partial charge >= 0.3 is 97.8 Å². The monoisotopic (exact) mass is 600 g/mol. The Balaban J connectivity index is 0.000000196. The molecular weight excluding hydrogens is 555 g/mol. The third kappa shape index (κ3) is 9.83. The van der Waals surface area contributed by atoms with Crippen molar-refractivity contribution in [2.75, 3.05) is 0 Å². The number of ether oxygens (including phenoxy) is 1. The van der Waals surface area contributed by atoms with Gasteiger partial charge in [0.2, 0.25) is 0 Å². The van der Waals surface area contributed by atoms with Crippen LogP contribution in [0.15, 0.2) is 24.3 Å². The Morgan fingerprint density at radius 2 is 1.18 bits per heavy atom. The van der Waals surface area contributed by atoms with Gasteiger partial charge in [-0.05, 0) is 55.5 Å². The van der Waals surface area contributed by atoms with E-state index in [0.717, 1.165) is 11.3 Å². The van der Waals surface area contributed by atoms with Crippen molar-refractivity contribution in [3.63, 3.8) is 0 Å². The molecule has 3 saturated carbocycles. The van der Waals surface area contributed by atoms with E-state index in [-0.39, 0.29) is 6.10 Å². The van der Waals surface area contributed by atoms with Crippen LogP contribution in [0.2, 0.25) is 0 Å². The van der Waals surface area contributed by atoms with Crippen molar-refractivity contribution < 1.29 is 18.3 Å². The first-order valence-corrected chi connectivity index (χ1v) is 20.4. The molecule has 0 aromatic heterocycles. The van der Waals surface area contributed by atoms with E-state index < -0.39 is 13.5 Å². The molecule has 0 bridgehead atoms. The Kier molecular flexibility index (Phi) is 13.3. The molecule has 0 aliphatic heterocycles. The van der Waals surface area contributed by atoms with Crippen LogP contribution in [0.5, 0.6) is 5.75 Å². The standard InChI is InChI=1S/C18H33P.C10H12O.2ClH.Ru/c1-4-10-16(11-5-1)19(17-12-6-2-7-13-17)18-14-8-3-9-15-18;1-8(2)11-10-7-5-4-6-9(10)3;;;/h16-18H,1-15H2;3-8H,1-2H3;2*1H;/q;;;;+2/p-2. The van der Waals surface area contributed by atoms with Gasteiger partial charge in [0.25, 0.3) is 0 Å². The van der Waals surface area contributed by atoms with Crippen LogP contribution in [0.25, 0.3) is 0 Å². The number of benzene rings is 1. The van der Waals surface area contributed by atoms with E-state index in [2.05, 4.69) is 0 Å². The number of hydrogen-bond donors (Lipinski definition) is 0. The summed E-state index contributed by atoms with van der Waals surface area (Å²) in [6.45, 7) is 3.99. The van der Waals surface area contributed by atoms with Gasteiger partial charge in [-0.15, -0.1) is 0 Å². The van der Waals surface area contributed by atoms with Gasteiger partial charge in [-0.25, -0.2) is 0 Å². The number of halogens is 2. The van der Waals surface area contributed by atoms with Crippen molar-refractivity contribution in [3.05, 3.63) is 29.8 Å². The average molecular weight is 601 g/mol. The fourth-order valence-electron chi connectivity index (χ4n) is 6.04. The van der Waals surface area contributed by atoms with Crippen LogP contribution >= 0.6 is 27.3 Å². The number of rotatable bonds is 6. The van der Waals surface area contributed by atoms with Crippen LogP contribution in [0.1, 0.15) is 116 Å². The van der Waals surface area contributed by atoms with Crippen LogP contribution in [0, 0.1) is 0 Å². The molecule has 0 N–H and O–H groups in total. The molecule has 1 nitrogen and oxygen atoms in total. The quantitative estimate of drug-likeness (QED) is 0.233. The molecule has 3 fully saturated rings. The summed E-state index contributed by atoms with van der Waals surface area (Å²) in [5, 5.41) is 0. The second kappa shape index (κ2) is 15.6. The van der Waals surface area contributed by atoms with Crippen LogP contribution in [-0.2, 0) is 13.5 Å². The zero-order chi connectivity index (χ0) is 23.5. The molecule has 0 spiro atoms. The molecule has 3 aliphatic rings. The number of para-hydroxylation sites is 1. The van der Waals surface area contributed by atoms with Crippen LogP contribution in [0.4, 0.5) is 0 Å². The first kappa shape index (κ1) is 28.1. The van der Waals surface area contributed by atoms with E-state index in [9.17, 15) is 0 Å². The van der Waals surface area contributed by atoms with Gasteiger partial charge in [0.1, 0.15) is 0 Å². The van der Waals surface area contributed by atoms with Gasteiger partial charge in [0.05, 0.1) is 0 Å². The molecule has 1 aromatic rings. The molecule has 0 unspecified atom stereocenters. The topological polar surface area (TPSA) is 9.23 Å². The summed E-state index contributed by atoms with van der Waals surface area (Å²) in [4.78, 5) is 0. The van der Waals surface area contributed by atoms with Crippen LogP contribution < -0.4 is 4.74 Å². The Labute approximate surface area is 218 Å². The van der Waals surface area contributed by atoms with E-state index in [1.165, 1.54) is 36.2 Å². The fraction of sp³-hybridized carbons (Fsp3) is 0.750. The Bertz CT molecular complexity index is 661. The van der Waals surface area contributed by atoms with E-state index in [1.54, 1.807) is 77.0 Å². The maximum absolute atomic E-state index is 5.82. The predicted molar refractivity (Wildman–Crippen MR) is 147 cm³/mol. The summed E-state index contributed by atoms with van der Waals surface area (Å²) >= 11 is -1.77. The molecule has 190 valence electrons. The van der Waals surface area contributed by atoms with Crippen LogP contribution in [-0.4, -0.2) is 27.7 Å². The van der Waals surface area contributed by atoms with Gasteiger partial charge in [0.15, 0.2) is 0 Å². The summed E-state index contributed by atoms with van der Waals surface area (Å²) in [5.74, 6) is 0.850. The molecule has 0 atom stereocenters. The van der Waals surface area contributed by atoms with Crippen molar-refractivity contribution >= 4 is 31.9 Å². The Hall–Kier alpha value is 0.523. The van der Waals surface area contributed by atoms with Crippen molar-refractivity contribution in [3.8, 4) is 5.75 Å². The summed E-state index contributed by atoms with van der Waals surface area (Å²) < 4.78 is 7.51. The SMILES string of the molecule is C1CCC(P(C2CCCCC2)C2CCCCC2)CC1.CC(C)Oc1ccccc1[CH]=[Ru]([Cl])[Cl]. The number of hydrogen-bond acceptors (Lipinski definition) is 1. The molecular formula is C28H45Cl2OPRu. The first-order chi connectivity index (χ1) is 16.0. The molecule has 33 heavy (non-hydrogen) atoms. The molecule has 1 aromatic carbocycles. The zero-order valence-electron chi connectivity index (χ0n) is 20.8. The Morgan fingerprint density at radius 1 is 0.758 bits per heavy atom. The minimum atomic E-state index is -1.77. The van der Waals surface area contributed by atoms with Gasteiger partial charge in [0, 0.05) is 0 Å². The van der Waals surface area contributed by atoms with Crippen molar-refractivity contribution in [1.29, 1.82) is 0 Å². The predicted octanol–water partition coefficient (Wildman–Crippen LogP) is 10.0. The maximum atomic E-state index is 5.82. The summed E-state index contributed by atoms with van der Waals surface area (Å²) in [7, 11) is 12.0. The average Bonchev–Trinajstić information content (AvgIpc) is 2.83. The third-order valence-electron chi connectivity index (χ3n) is 7.46. The molecule has 4 rings (SSSR count). The fourth-order valence-corrected chi connectivity index (χ4v) is 12.5. The second-order valence-corrected chi connectivity index (χ2v) is 19.1. The molecule has 0 heterocycles. The van der Waals surface area contributed by atoms with E-state index in [0.29, 0.717) is 7.92 Å². The van der Waals surface area contributed by atoms with Gasteiger partial charge in [-0.3, -0.25) is 0 Å². The first-order valence-electron chi connectivity index (χ1n) is 13.4. The summed E-state index contributed by atoms with van der Waals surface area (Å²) in [5.41, 5.74) is 4.56. The minimum absolute atomic E-state index is 0.163. The van der Waals surface area contributed by atoms with Crippen molar-refractivity contribution in [1.82, 2.24) is 0 Å². The van der Waals surface area contributed by atoms with Gasteiger partial charge in [-0.1, -0.05) is 65.7 Å². The van der Waals surface area contributed by atoms with E-state index in [1.807, 2.05) is 42.7 Å². The van der Waals surface area contributed by atoms with Crippen LogP contribution in [0.3, 0.4) is 0 Å². The van der Waals surface area contributed by atoms with Gasteiger partial charge < -0.3 is 0 Å². The zero-order valence-corrected chi connectivity index (χ0v) is 24.9. The second-order valence-electron chi connectivity index (χ2n) is 10.3. The Morgan fingerprint density at radius 3 is 1.58 bits per heavy atom. The summed E-state index contributed by atoms with van der Waals surface area (Å²) in [6, 6.07) is 7.78. The van der Waals surface area contributed by atoms with Crippen molar-refractivity contribution in [2.45, 2.75) is 133 Å². The molecule has 5 heteroatoms. The summed E-state index contributed by atoms with van der Waals surface area (Å²) in [6.07, 6.45) is 23.8. The normalized spacial score (nSPS) is 21.5. The molecule has 0 amide bonds. The van der Waals surface area contributed by atoms with Crippen molar-refractivity contribution in [2.24, 2.45) is 0 Å². The molecule has 0 radical (unpaired) electrons. The van der Waals surface area contributed by atoms with E-state index in [4.69, 9.17) is 24.1 Å². The molecule has 0 saturated heterocycles. The van der Waals surface area contributed by atoms with E-state index >= 15 is 0 Å².